The van der Waals surface area contributed by atoms with Gasteiger partial charge >= 0.3 is 0 Å². The lowest BCUT2D eigenvalue weighted by atomic mass is 10.1. The molecule has 2 rings (SSSR count). The predicted molar refractivity (Wildman–Crippen MR) is 78.0 cm³/mol. The minimum absolute atomic E-state index is 0.207. The van der Waals surface area contributed by atoms with E-state index in [9.17, 15) is 4.79 Å². The second-order valence-electron chi connectivity index (χ2n) is 4.13. The van der Waals surface area contributed by atoms with Gasteiger partial charge in [-0.1, -0.05) is 12.1 Å². The fraction of sp³-hybridized carbons (Fsp3) is 0.0667. The second-order valence-corrected chi connectivity index (χ2v) is 4.98. The molecule has 0 aliphatic heterocycles. The van der Waals surface area contributed by atoms with Crippen LogP contribution in [0.25, 0.3) is 0 Å². The van der Waals surface area contributed by atoms with Crippen LogP contribution in [0.1, 0.15) is 21.5 Å². The Morgan fingerprint density at radius 1 is 1.26 bits per heavy atom. The maximum absolute atomic E-state index is 12.1. The fourth-order valence-corrected chi connectivity index (χ4v) is 2.34. The van der Waals surface area contributed by atoms with Crippen molar-refractivity contribution in [1.82, 2.24) is 0 Å². The summed E-state index contributed by atoms with van der Waals surface area (Å²) in [6.45, 7) is 1.96. The molecule has 1 N–H and O–H groups in total. The molecule has 2 aromatic carbocycles. The molecule has 94 valence electrons. The highest BCUT2D eigenvalue weighted by atomic mass is 79.9. The Balaban J connectivity index is 2.23. The van der Waals surface area contributed by atoms with Crippen molar-refractivity contribution in [2.75, 3.05) is 5.32 Å². The number of benzene rings is 2. The first-order valence-corrected chi connectivity index (χ1v) is 6.47. The highest BCUT2D eigenvalue weighted by Gasteiger charge is 2.10. The van der Waals surface area contributed by atoms with Crippen LogP contribution in [0.5, 0.6) is 0 Å². The van der Waals surface area contributed by atoms with Gasteiger partial charge in [0, 0.05) is 10.2 Å². The van der Waals surface area contributed by atoms with Crippen LogP contribution in [0.3, 0.4) is 0 Å². The summed E-state index contributed by atoms with van der Waals surface area (Å²) in [7, 11) is 0. The number of nitrogens with one attached hydrogen (secondary N) is 1. The van der Waals surface area contributed by atoms with Crippen LogP contribution in [0.2, 0.25) is 0 Å². The van der Waals surface area contributed by atoms with E-state index in [1.165, 1.54) is 0 Å². The average Bonchev–Trinajstić information content (AvgIpc) is 2.38. The third-order valence-electron chi connectivity index (χ3n) is 2.62. The van der Waals surface area contributed by atoms with E-state index >= 15 is 0 Å². The van der Waals surface area contributed by atoms with Crippen molar-refractivity contribution in [3.8, 4) is 6.07 Å². The molecule has 0 saturated carbocycles. The van der Waals surface area contributed by atoms with Crippen molar-refractivity contribution in [2.45, 2.75) is 6.92 Å². The molecule has 0 aromatic heterocycles. The van der Waals surface area contributed by atoms with E-state index in [2.05, 4.69) is 21.2 Å². The first-order chi connectivity index (χ1) is 9.10. The van der Waals surface area contributed by atoms with Crippen molar-refractivity contribution in [3.05, 3.63) is 63.6 Å². The molecule has 0 fully saturated rings. The summed E-state index contributed by atoms with van der Waals surface area (Å²) in [6, 6.07) is 14.4. The van der Waals surface area contributed by atoms with Gasteiger partial charge in [-0.2, -0.15) is 5.26 Å². The van der Waals surface area contributed by atoms with E-state index in [1.54, 1.807) is 30.3 Å². The van der Waals surface area contributed by atoms with E-state index in [-0.39, 0.29) is 5.91 Å². The number of anilines is 1. The smallest absolute Gasteiger partial charge is 0.256 e. The molecule has 0 aliphatic rings. The summed E-state index contributed by atoms with van der Waals surface area (Å²) in [6.07, 6.45) is 0. The lowest BCUT2D eigenvalue weighted by Gasteiger charge is -2.07. The number of rotatable bonds is 2. The zero-order chi connectivity index (χ0) is 13.8. The number of carbonyl (C=O) groups excluding carboxylic acids is 1. The van der Waals surface area contributed by atoms with Gasteiger partial charge in [0.2, 0.25) is 0 Å². The third-order valence-corrected chi connectivity index (χ3v) is 3.27. The average molecular weight is 315 g/mol. The normalized spacial score (nSPS) is 9.74. The van der Waals surface area contributed by atoms with Crippen molar-refractivity contribution >= 4 is 27.5 Å². The Hall–Kier alpha value is -2.12. The van der Waals surface area contributed by atoms with Crippen LogP contribution < -0.4 is 5.32 Å². The monoisotopic (exact) mass is 314 g/mol. The molecular formula is C15H11BrN2O. The zero-order valence-electron chi connectivity index (χ0n) is 10.3. The molecule has 0 atom stereocenters. The van der Waals surface area contributed by atoms with Crippen molar-refractivity contribution < 1.29 is 4.79 Å². The molecule has 0 saturated heterocycles. The van der Waals surface area contributed by atoms with Gasteiger partial charge in [-0.15, -0.1) is 0 Å². The SMILES string of the molecule is Cc1ccc(C(=O)Nc2cccc(C#N)c2)c(Br)c1. The molecule has 3 nitrogen and oxygen atoms in total. The van der Waals surface area contributed by atoms with Gasteiger partial charge < -0.3 is 5.32 Å². The van der Waals surface area contributed by atoms with Gasteiger partial charge in [-0.3, -0.25) is 4.79 Å². The summed E-state index contributed by atoms with van der Waals surface area (Å²) in [4.78, 5) is 12.1. The van der Waals surface area contributed by atoms with Crippen LogP contribution in [0, 0.1) is 18.3 Å². The quantitative estimate of drug-likeness (QED) is 0.914. The van der Waals surface area contributed by atoms with E-state index in [4.69, 9.17) is 5.26 Å². The van der Waals surface area contributed by atoms with Gasteiger partial charge in [0.15, 0.2) is 0 Å². The van der Waals surface area contributed by atoms with Crippen LogP contribution in [-0.2, 0) is 0 Å². The largest absolute Gasteiger partial charge is 0.322 e. The van der Waals surface area contributed by atoms with E-state index in [1.807, 2.05) is 25.1 Å². The van der Waals surface area contributed by atoms with Gasteiger partial charge in [0.1, 0.15) is 0 Å². The summed E-state index contributed by atoms with van der Waals surface area (Å²) >= 11 is 3.38. The molecular weight excluding hydrogens is 304 g/mol. The number of aryl methyl sites for hydroxylation is 1. The molecule has 0 unspecified atom stereocenters. The van der Waals surface area contributed by atoms with Crippen LogP contribution in [0.4, 0.5) is 5.69 Å². The molecule has 2 aromatic rings. The van der Waals surface area contributed by atoms with Crippen LogP contribution in [0.15, 0.2) is 46.9 Å². The molecule has 0 radical (unpaired) electrons. The number of carbonyl (C=O) groups is 1. The summed E-state index contributed by atoms with van der Waals surface area (Å²) in [5.41, 5.74) is 2.76. The highest BCUT2D eigenvalue weighted by Crippen LogP contribution is 2.20. The minimum atomic E-state index is -0.207. The Morgan fingerprint density at radius 2 is 2.05 bits per heavy atom. The number of nitriles is 1. The molecule has 0 aliphatic carbocycles. The molecule has 19 heavy (non-hydrogen) atoms. The Morgan fingerprint density at radius 3 is 2.74 bits per heavy atom. The van der Waals surface area contributed by atoms with Gasteiger partial charge in [-0.05, 0) is 58.7 Å². The number of hydrogen-bond donors (Lipinski definition) is 1. The van der Waals surface area contributed by atoms with E-state index in [0.717, 1.165) is 10.0 Å². The van der Waals surface area contributed by atoms with Gasteiger partial charge in [0.25, 0.3) is 5.91 Å². The van der Waals surface area contributed by atoms with Crippen molar-refractivity contribution in [3.63, 3.8) is 0 Å². The molecule has 0 heterocycles. The summed E-state index contributed by atoms with van der Waals surface area (Å²) < 4.78 is 0.751. The van der Waals surface area contributed by atoms with E-state index in [0.29, 0.717) is 16.8 Å². The zero-order valence-corrected chi connectivity index (χ0v) is 11.9. The van der Waals surface area contributed by atoms with E-state index < -0.39 is 0 Å². The molecule has 1 amide bonds. The molecule has 0 bridgehead atoms. The predicted octanol–water partition coefficient (Wildman–Crippen LogP) is 3.88. The standard InChI is InChI=1S/C15H11BrN2O/c1-10-5-6-13(14(16)7-10)15(19)18-12-4-2-3-11(8-12)9-17/h2-8H,1H3,(H,18,19). The summed E-state index contributed by atoms with van der Waals surface area (Å²) in [5.74, 6) is -0.207. The Bertz CT molecular complexity index is 674. The minimum Gasteiger partial charge on any atom is -0.322 e. The first-order valence-electron chi connectivity index (χ1n) is 5.68. The second kappa shape index (κ2) is 5.68. The van der Waals surface area contributed by atoms with Crippen LogP contribution >= 0.6 is 15.9 Å². The number of halogens is 1. The maximum atomic E-state index is 12.1. The van der Waals surface area contributed by atoms with Crippen molar-refractivity contribution in [1.29, 1.82) is 5.26 Å². The number of hydrogen-bond acceptors (Lipinski definition) is 2. The highest BCUT2D eigenvalue weighted by molar-refractivity contribution is 9.10. The Kier molecular flexibility index (Phi) is 3.98. The number of nitrogens with zero attached hydrogens (tertiary/aromatic N) is 1. The maximum Gasteiger partial charge on any atom is 0.256 e. The van der Waals surface area contributed by atoms with Crippen molar-refractivity contribution in [2.24, 2.45) is 0 Å². The van der Waals surface area contributed by atoms with Gasteiger partial charge in [0.05, 0.1) is 17.2 Å². The molecule has 0 spiro atoms. The van der Waals surface area contributed by atoms with Gasteiger partial charge in [-0.25, -0.2) is 0 Å². The summed E-state index contributed by atoms with van der Waals surface area (Å²) in [5, 5.41) is 11.6. The number of amides is 1. The van der Waals surface area contributed by atoms with Crippen LogP contribution in [-0.4, -0.2) is 5.91 Å². The molecule has 4 heteroatoms. The Labute approximate surface area is 120 Å². The fourth-order valence-electron chi connectivity index (χ4n) is 1.67. The topological polar surface area (TPSA) is 52.9 Å². The lowest BCUT2D eigenvalue weighted by Crippen LogP contribution is -2.12. The lowest BCUT2D eigenvalue weighted by molar-refractivity contribution is 0.102. The first kappa shape index (κ1) is 13.3. The third kappa shape index (κ3) is 3.21.